The molecule has 3 aromatic carbocycles. The third-order valence-electron chi connectivity index (χ3n) is 5.22. The highest BCUT2D eigenvalue weighted by atomic mass is 79.9. The van der Waals surface area contributed by atoms with Gasteiger partial charge in [-0.05, 0) is 39.7 Å². The monoisotopic (exact) mass is 480 g/mol. The number of halogens is 2. The third-order valence-corrected chi connectivity index (χ3v) is 6.14. The zero-order chi connectivity index (χ0) is 20.8. The molecule has 5 aromatic rings. The van der Waals surface area contributed by atoms with Gasteiger partial charge in [-0.3, -0.25) is 0 Å². The maximum atomic E-state index is 6.40. The Morgan fingerprint density at radius 2 is 1.63 bits per heavy atom. The van der Waals surface area contributed by atoms with Crippen LogP contribution >= 0.6 is 27.5 Å². The molecule has 2 heterocycles. The van der Waals surface area contributed by atoms with E-state index in [0.29, 0.717) is 11.6 Å². The van der Waals surface area contributed by atoms with Gasteiger partial charge in [0, 0.05) is 20.2 Å². The fraction of sp³-hybridized carbons (Fsp3) is 0.130. The molecule has 0 radical (unpaired) electrons. The smallest absolute Gasteiger partial charge is 0.177 e. The van der Waals surface area contributed by atoms with Gasteiger partial charge >= 0.3 is 0 Å². The molecule has 0 aliphatic rings. The Balaban J connectivity index is 1.57. The number of fused-ring (bicyclic) bond motifs is 2. The molecule has 0 aliphatic heterocycles. The molecule has 150 valence electrons. The molecule has 0 atom stereocenters. The van der Waals surface area contributed by atoms with Crippen LogP contribution in [-0.2, 0) is 20.7 Å². The van der Waals surface area contributed by atoms with Crippen LogP contribution in [0, 0.1) is 0 Å². The first-order chi connectivity index (χ1) is 14.5. The molecule has 0 bridgehead atoms. The molecule has 0 saturated carbocycles. The molecule has 7 heteroatoms. The summed E-state index contributed by atoms with van der Waals surface area (Å²) >= 11 is 10.0. The summed E-state index contributed by atoms with van der Waals surface area (Å²) in [6.45, 7) is 0.494. The van der Waals surface area contributed by atoms with Crippen LogP contribution in [0.5, 0.6) is 5.75 Å². The van der Waals surface area contributed by atoms with E-state index in [-0.39, 0.29) is 0 Å². The van der Waals surface area contributed by atoms with Crippen molar-refractivity contribution in [2.75, 3.05) is 0 Å². The van der Waals surface area contributed by atoms with Crippen molar-refractivity contribution in [3.63, 3.8) is 0 Å². The van der Waals surface area contributed by atoms with Crippen molar-refractivity contribution in [1.82, 2.24) is 19.1 Å². The Hall–Kier alpha value is -2.83. The number of benzene rings is 3. The minimum Gasteiger partial charge on any atom is -0.488 e. The number of para-hydroxylation sites is 1. The number of hydrogen-bond donors (Lipinski definition) is 0. The van der Waals surface area contributed by atoms with Crippen molar-refractivity contribution < 1.29 is 4.74 Å². The van der Waals surface area contributed by atoms with Crippen LogP contribution in [0.3, 0.4) is 0 Å². The summed E-state index contributed by atoms with van der Waals surface area (Å²) < 4.78 is 10.9. The highest BCUT2D eigenvalue weighted by Crippen LogP contribution is 2.34. The van der Waals surface area contributed by atoms with Crippen molar-refractivity contribution in [3.8, 4) is 17.4 Å². The van der Waals surface area contributed by atoms with Crippen molar-refractivity contribution in [2.45, 2.75) is 6.61 Å². The molecule has 5 rings (SSSR count). The zero-order valence-electron chi connectivity index (χ0n) is 16.4. The molecule has 0 saturated heterocycles. The lowest BCUT2D eigenvalue weighted by atomic mass is 10.2. The maximum Gasteiger partial charge on any atom is 0.177 e. The summed E-state index contributed by atoms with van der Waals surface area (Å²) in [6, 6.07) is 19.8. The minimum absolute atomic E-state index is 0.494. The average Bonchev–Trinajstić information content (AvgIpc) is 3.24. The molecule has 0 aliphatic carbocycles. The van der Waals surface area contributed by atoms with Gasteiger partial charge in [0.25, 0.3) is 0 Å². The highest BCUT2D eigenvalue weighted by molar-refractivity contribution is 9.10. The van der Waals surface area contributed by atoms with Crippen molar-refractivity contribution >= 4 is 49.6 Å². The first-order valence-electron chi connectivity index (χ1n) is 9.47. The summed E-state index contributed by atoms with van der Waals surface area (Å²) in [6.07, 6.45) is 0. The first kappa shape index (κ1) is 19.2. The Labute approximate surface area is 187 Å². The van der Waals surface area contributed by atoms with Gasteiger partial charge in [0.2, 0.25) is 0 Å². The lowest BCUT2D eigenvalue weighted by molar-refractivity contribution is 0.304. The zero-order valence-corrected chi connectivity index (χ0v) is 18.8. The van der Waals surface area contributed by atoms with Crippen molar-refractivity contribution in [3.05, 3.63) is 75.7 Å². The number of aryl methyl sites for hydroxylation is 2. The van der Waals surface area contributed by atoms with Crippen LogP contribution in [0.25, 0.3) is 33.7 Å². The van der Waals surface area contributed by atoms with Crippen molar-refractivity contribution in [1.29, 1.82) is 0 Å². The van der Waals surface area contributed by atoms with Gasteiger partial charge in [0.15, 0.2) is 11.6 Å². The molecule has 2 aromatic heterocycles. The van der Waals surface area contributed by atoms with Crippen LogP contribution in [0.4, 0.5) is 0 Å². The van der Waals surface area contributed by atoms with E-state index in [2.05, 4.69) is 15.9 Å². The number of aromatic nitrogens is 4. The molecule has 0 unspecified atom stereocenters. The normalized spacial score (nSPS) is 11.5. The second-order valence-corrected chi connectivity index (χ2v) is 8.40. The Bertz CT molecular complexity index is 1390. The third kappa shape index (κ3) is 3.16. The van der Waals surface area contributed by atoms with E-state index in [4.69, 9.17) is 26.3 Å². The number of rotatable bonds is 4. The largest absolute Gasteiger partial charge is 0.488 e. The van der Waals surface area contributed by atoms with Crippen LogP contribution in [0.2, 0.25) is 5.02 Å². The molecule has 0 fully saturated rings. The van der Waals surface area contributed by atoms with E-state index in [1.54, 1.807) is 0 Å². The maximum absolute atomic E-state index is 6.40. The summed E-state index contributed by atoms with van der Waals surface area (Å²) in [4.78, 5) is 9.63. The summed E-state index contributed by atoms with van der Waals surface area (Å²) in [5, 5.41) is 0.673. The van der Waals surface area contributed by atoms with E-state index in [0.717, 1.165) is 49.5 Å². The van der Waals surface area contributed by atoms with Crippen LogP contribution < -0.4 is 4.74 Å². The quantitative estimate of drug-likeness (QED) is 0.310. The summed E-state index contributed by atoms with van der Waals surface area (Å²) in [5.74, 6) is 2.29. The number of imidazole rings is 2. The van der Waals surface area contributed by atoms with Gasteiger partial charge in [-0.1, -0.05) is 48.0 Å². The molecule has 0 spiro atoms. The summed E-state index contributed by atoms with van der Waals surface area (Å²) in [7, 11) is 3.95. The Morgan fingerprint density at radius 1 is 0.900 bits per heavy atom. The van der Waals surface area contributed by atoms with E-state index in [1.807, 2.05) is 83.9 Å². The van der Waals surface area contributed by atoms with Gasteiger partial charge in [-0.15, -0.1) is 0 Å². The van der Waals surface area contributed by atoms with Gasteiger partial charge in [-0.25, -0.2) is 9.97 Å². The van der Waals surface area contributed by atoms with Gasteiger partial charge in [0.05, 0.1) is 31.6 Å². The second-order valence-electron chi connectivity index (χ2n) is 7.14. The highest BCUT2D eigenvalue weighted by Gasteiger charge is 2.19. The number of hydrogen-bond acceptors (Lipinski definition) is 3. The second kappa shape index (κ2) is 7.45. The van der Waals surface area contributed by atoms with E-state index in [9.17, 15) is 0 Å². The van der Waals surface area contributed by atoms with Crippen molar-refractivity contribution in [2.24, 2.45) is 14.1 Å². The molecule has 30 heavy (non-hydrogen) atoms. The minimum atomic E-state index is 0.494. The predicted octanol–water partition coefficient (Wildman–Crippen LogP) is 6.12. The molecule has 0 N–H and O–H groups in total. The SMILES string of the molecule is Cn1c(-c2nc3cccc(Cl)c3n2C)nc2cc(OCc3ccccc3)c(Br)cc21. The van der Waals surface area contributed by atoms with E-state index >= 15 is 0 Å². The standard InChI is InChI=1S/C23H18BrClN4O/c1-28-19-11-15(24)20(30-13-14-7-4-3-5-8-14)12-18(19)27-22(28)23-26-17-10-6-9-16(25)21(17)29(23)2/h3-12H,13H2,1-2H3. The van der Waals surface area contributed by atoms with E-state index in [1.165, 1.54) is 0 Å². The number of ether oxygens (including phenoxy) is 1. The Morgan fingerprint density at radius 3 is 2.40 bits per heavy atom. The van der Waals surface area contributed by atoms with Crippen LogP contribution in [-0.4, -0.2) is 19.1 Å². The lowest BCUT2D eigenvalue weighted by Crippen LogP contribution is -1.99. The van der Waals surface area contributed by atoms with Gasteiger partial charge < -0.3 is 13.9 Å². The number of nitrogens with zero attached hydrogens (tertiary/aromatic N) is 4. The molecular formula is C23H18BrClN4O. The van der Waals surface area contributed by atoms with Gasteiger partial charge in [-0.2, -0.15) is 0 Å². The van der Waals surface area contributed by atoms with Crippen LogP contribution in [0.1, 0.15) is 5.56 Å². The predicted molar refractivity (Wildman–Crippen MR) is 124 cm³/mol. The summed E-state index contributed by atoms with van der Waals surface area (Å²) in [5.41, 5.74) is 4.69. The average molecular weight is 482 g/mol. The molecular weight excluding hydrogens is 464 g/mol. The van der Waals surface area contributed by atoms with E-state index < -0.39 is 0 Å². The lowest BCUT2D eigenvalue weighted by Gasteiger charge is -2.09. The molecule has 0 amide bonds. The first-order valence-corrected chi connectivity index (χ1v) is 10.6. The van der Waals surface area contributed by atoms with Gasteiger partial charge in [0.1, 0.15) is 12.4 Å². The Kier molecular flexibility index (Phi) is 4.76. The topological polar surface area (TPSA) is 44.9 Å². The fourth-order valence-electron chi connectivity index (χ4n) is 3.66. The molecule has 5 nitrogen and oxygen atoms in total. The fourth-order valence-corrected chi connectivity index (χ4v) is 4.40. The van der Waals surface area contributed by atoms with Crippen LogP contribution in [0.15, 0.2) is 65.1 Å².